The van der Waals surface area contributed by atoms with Crippen molar-refractivity contribution >= 4 is 32.2 Å². The van der Waals surface area contributed by atoms with Gasteiger partial charge in [-0.25, -0.2) is 13.4 Å². The number of nitrogens with one attached hydrogen (secondary N) is 1. The zero-order chi connectivity index (χ0) is 18.0. The van der Waals surface area contributed by atoms with Gasteiger partial charge in [0.25, 0.3) is 0 Å². The minimum Gasteiger partial charge on any atom is -0.301 e. The van der Waals surface area contributed by atoms with Gasteiger partial charge in [-0.3, -0.25) is 9.69 Å². The Hall–Kier alpha value is -1.25. The molecule has 6 nitrogen and oxygen atoms in total. The molecule has 0 aliphatic carbocycles. The van der Waals surface area contributed by atoms with E-state index in [1.54, 1.807) is 6.08 Å². The lowest BCUT2D eigenvalue weighted by Crippen LogP contribution is -2.41. The fourth-order valence-corrected chi connectivity index (χ4v) is 5.31. The van der Waals surface area contributed by atoms with Gasteiger partial charge in [-0.2, -0.15) is 0 Å². The van der Waals surface area contributed by atoms with Gasteiger partial charge in [0.15, 0.2) is 15.0 Å². The van der Waals surface area contributed by atoms with Gasteiger partial charge in [0, 0.05) is 23.4 Å². The van der Waals surface area contributed by atoms with Crippen molar-refractivity contribution in [1.29, 1.82) is 0 Å². The van der Waals surface area contributed by atoms with Crippen LogP contribution in [0.1, 0.15) is 32.9 Å². The van der Waals surface area contributed by atoms with E-state index in [0.717, 1.165) is 5.69 Å². The van der Waals surface area contributed by atoms with Crippen molar-refractivity contribution < 1.29 is 13.2 Å². The van der Waals surface area contributed by atoms with E-state index in [0.29, 0.717) is 18.1 Å². The molecule has 2 rings (SSSR count). The number of nitrogens with zero attached hydrogens (tertiary/aromatic N) is 2. The number of hydrogen-bond acceptors (Lipinski definition) is 6. The van der Waals surface area contributed by atoms with Crippen molar-refractivity contribution in [2.45, 2.75) is 38.6 Å². The number of thiazole rings is 1. The second kappa shape index (κ2) is 7.33. The number of aromatic nitrogens is 1. The number of hydrogen-bond donors (Lipinski definition) is 1. The number of carbonyl (C=O) groups excluding carboxylic acids is 1. The van der Waals surface area contributed by atoms with Crippen LogP contribution in [0.5, 0.6) is 0 Å². The van der Waals surface area contributed by atoms with Crippen molar-refractivity contribution in [2.24, 2.45) is 0 Å². The van der Waals surface area contributed by atoms with Crippen molar-refractivity contribution in [3.05, 3.63) is 23.7 Å². The molecule has 8 heteroatoms. The summed E-state index contributed by atoms with van der Waals surface area (Å²) in [5.41, 5.74) is 0.875. The Morgan fingerprint density at radius 3 is 2.75 bits per heavy atom. The summed E-state index contributed by atoms with van der Waals surface area (Å²) in [6.07, 6.45) is 2.26. The summed E-state index contributed by atoms with van der Waals surface area (Å²) in [4.78, 5) is 18.6. The quantitative estimate of drug-likeness (QED) is 0.774. The topological polar surface area (TPSA) is 79.4 Å². The van der Waals surface area contributed by atoms with E-state index in [1.807, 2.05) is 10.3 Å². The first-order chi connectivity index (χ1) is 11.1. The third-order valence-electron chi connectivity index (χ3n) is 3.95. The largest absolute Gasteiger partial charge is 0.301 e. The van der Waals surface area contributed by atoms with Crippen molar-refractivity contribution in [1.82, 2.24) is 9.88 Å². The van der Waals surface area contributed by atoms with Crippen molar-refractivity contribution in [2.75, 3.05) is 29.9 Å². The second-order valence-corrected chi connectivity index (χ2v) is 10.2. The van der Waals surface area contributed by atoms with E-state index in [9.17, 15) is 13.2 Å². The van der Waals surface area contributed by atoms with Gasteiger partial charge in [-0.1, -0.05) is 26.8 Å². The molecule has 0 radical (unpaired) electrons. The molecule has 0 unspecified atom stereocenters. The zero-order valence-electron chi connectivity index (χ0n) is 14.4. The predicted molar refractivity (Wildman–Crippen MR) is 98.3 cm³/mol. The van der Waals surface area contributed by atoms with E-state index >= 15 is 0 Å². The summed E-state index contributed by atoms with van der Waals surface area (Å²) in [5.74, 6) is 0.115. The zero-order valence-corrected chi connectivity index (χ0v) is 16.0. The number of rotatable bonds is 6. The molecule has 1 aromatic heterocycles. The maximum atomic E-state index is 12.3. The summed E-state index contributed by atoms with van der Waals surface area (Å²) in [7, 11) is -2.98. The van der Waals surface area contributed by atoms with Gasteiger partial charge < -0.3 is 5.32 Å². The van der Waals surface area contributed by atoms with Crippen LogP contribution in [-0.4, -0.2) is 54.8 Å². The standard InChI is InChI=1S/C16H25N3O3S2/c1-5-7-19(12-6-8-24(21,22)11-12)9-14(20)18-15-17-13(10-23-15)16(2,3)4/h5,10,12H,1,6-9,11H2,2-4H3,(H,17,18,20)/t12-/m0/s1. The highest BCUT2D eigenvalue weighted by molar-refractivity contribution is 7.91. The Labute approximate surface area is 147 Å². The third-order valence-corrected chi connectivity index (χ3v) is 6.46. The molecule has 1 amide bonds. The first-order valence-electron chi connectivity index (χ1n) is 7.92. The molecule has 1 atom stereocenters. The predicted octanol–water partition coefficient (Wildman–Crippen LogP) is 2.05. The highest BCUT2D eigenvalue weighted by atomic mass is 32.2. The van der Waals surface area contributed by atoms with Gasteiger partial charge in [0.1, 0.15) is 0 Å². The van der Waals surface area contributed by atoms with Crippen LogP contribution in [0.3, 0.4) is 0 Å². The van der Waals surface area contributed by atoms with Crippen molar-refractivity contribution in [3.8, 4) is 0 Å². The lowest BCUT2D eigenvalue weighted by Gasteiger charge is -2.25. The molecule has 1 saturated heterocycles. The van der Waals surface area contributed by atoms with Crippen LogP contribution in [-0.2, 0) is 20.0 Å². The van der Waals surface area contributed by atoms with E-state index in [4.69, 9.17) is 0 Å². The summed E-state index contributed by atoms with van der Waals surface area (Å²) in [6.45, 7) is 10.5. The minimum absolute atomic E-state index is 0.0629. The highest BCUT2D eigenvalue weighted by Gasteiger charge is 2.32. The molecule has 134 valence electrons. The lowest BCUT2D eigenvalue weighted by atomic mass is 9.93. The molecule has 0 spiro atoms. The number of amides is 1. The van der Waals surface area contributed by atoms with Gasteiger partial charge in [-0.05, 0) is 6.42 Å². The number of carbonyl (C=O) groups is 1. The summed E-state index contributed by atoms with van der Waals surface area (Å²) in [6, 6.07) is -0.125. The molecule has 1 aliphatic rings. The van der Waals surface area contributed by atoms with E-state index < -0.39 is 9.84 Å². The van der Waals surface area contributed by atoms with Gasteiger partial charge in [-0.15, -0.1) is 17.9 Å². The van der Waals surface area contributed by atoms with Crippen LogP contribution in [0.25, 0.3) is 0 Å². The Kier molecular flexibility index (Phi) is 5.83. The molecule has 0 aromatic carbocycles. The highest BCUT2D eigenvalue weighted by Crippen LogP contribution is 2.26. The van der Waals surface area contributed by atoms with Crippen LogP contribution < -0.4 is 5.32 Å². The van der Waals surface area contributed by atoms with E-state index in [1.165, 1.54) is 11.3 Å². The average molecular weight is 372 g/mol. The molecular formula is C16H25N3O3S2. The Bertz CT molecular complexity index is 704. The van der Waals surface area contributed by atoms with Crippen LogP contribution in [0.4, 0.5) is 5.13 Å². The summed E-state index contributed by atoms with van der Waals surface area (Å²) < 4.78 is 23.3. The van der Waals surface area contributed by atoms with Crippen LogP contribution in [0, 0.1) is 0 Å². The Balaban J connectivity index is 1.98. The van der Waals surface area contributed by atoms with E-state index in [2.05, 4.69) is 37.7 Å². The molecule has 2 heterocycles. The molecule has 0 bridgehead atoms. The van der Waals surface area contributed by atoms with Crippen molar-refractivity contribution in [3.63, 3.8) is 0 Å². The van der Waals surface area contributed by atoms with Gasteiger partial charge >= 0.3 is 0 Å². The first-order valence-corrected chi connectivity index (χ1v) is 10.6. The maximum absolute atomic E-state index is 12.3. The first kappa shape index (κ1) is 19.1. The van der Waals surface area contributed by atoms with Crippen LogP contribution in [0.15, 0.2) is 18.0 Å². The Morgan fingerprint density at radius 1 is 1.54 bits per heavy atom. The van der Waals surface area contributed by atoms with Crippen LogP contribution in [0.2, 0.25) is 0 Å². The normalized spacial score (nSPS) is 20.2. The summed E-state index contributed by atoms with van der Waals surface area (Å²) in [5, 5.41) is 5.33. The fraction of sp³-hybridized carbons (Fsp3) is 0.625. The molecule has 1 aliphatic heterocycles. The molecule has 1 aromatic rings. The second-order valence-electron chi connectivity index (χ2n) is 7.11. The smallest absolute Gasteiger partial charge is 0.240 e. The van der Waals surface area contributed by atoms with Crippen LogP contribution >= 0.6 is 11.3 Å². The van der Waals surface area contributed by atoms with Gasteiger partial charge in [0.2, 0.25) is 5.91 Å². The Morgan fingerprint density at radius 2 is 2.25 bits per heavy atom. The summed E-state index contributed by atoms with van der Waals surface area (Å²) >= 11 is 1.40. The molecule has 24 heavy (non-hydrogen) atoms. The van der Waals surface area contributed by atoms with E-state index in [-0.39, 0.29) is 35.4 Å². The lowest BCUT2D eigenvalue weighted by molar-refractivity contribution is -0.117. The number of sulfone groups is 1. The average Bonchev–Trinajstić information content (AvgIpc) is 3.04. The number of anilines is 1. The monoisotopic (exact) mass is 371 g/mol. The molecule has 1 fully saturated rings. The maximum Gasteiger partial charge on any atom is 0.240 e. The molecule has 1 N–H and O–H groups in total. The van der Waals surface area contributed by atoms with Gasteiger partial charge in [0.05, 0.1) is 23.7 Å². The SMILES string of the molecule is C=CCN(CC(=O)Nc1nc(C(C)(C)C)cs1)[C@H]1CCS(=O)(=O)C1. The minimum atomic E-state index is -2.98. The molecular weight excluding hydrogens is 346 g/mol. The fourth-order valence-electron chi connectivity index (χ4n) is 2.59. The molecule has 0 saturated carbocycles. The third kappa shape index (κ3) is 5.12.